The van der Waals surface area contributed by atoms with E-state index in [-0.39, 0.29) is 5.54 Å². The molecule has 0 aromatic heterocycles. The van der Waals surface area contributed by atoms with E-state index in [0.29, 0.717) is 6.61 Å². The Morgan fingerprint density at radius 3 is 2.67 bits per heavy atom. The highest BCUT2D eigenvalue weighted by Crippen LogP contribution is 2.28. The fourth-order valence-electron chi connectivity index (χ4n) is 2.88. The van der Waals surface area contributed by atoms with Crippen molar-refractivity contribution >= 4 is 16.7 Å². The predicted molar refractivity (Wildman–Crippen MR) is 89.1 cm³/mol. The predicted octanol–water partition coefficient (Wildman–Crippen LogP) is 4.74. The molecule has 2 heteroatoms. The van der Waals surface area contributed by atoms with Crippen molar-refractivity contribution in [2.75, 3.05) is 6.61 Å². The summed E-state index contributed by atoms with van der Waals surface area (Å²) >= 11 is 0. The lowest BCUT2D eigenvalue weighted by Gasteiger charge is -2.12. The molecule has 0 spiro atoms. The van der Waals surface area contributed by atoms with Gasteiger partial charge in [-0.25, -0.2) is 4.99 Å². The minimum Gasteiger partial charge on any atom is -0.475 e. The van der Waals surface area contributed by atoms with Crippen LogP contribution >= 0.6 is 0 Å². The number of hydrogen-bond donors (Lipinski definition) is 0. The van der Waals surface area contributed by atoms with Crippen molar-refractivity contribution in [3.63, 3.8) is 0 Å². The number of fused-ring (bicyclic) bond motifs is 1. The lowest BCUT2D eigenvalue weighted by molar-refractivity contribution is 0.279. The van der Waals surface area contributed by atoms with E-state index in [1.165, 1.54) is 34.7 Å². The summed E-state index contributed by atoms with van der Waals surface area (Å²) in [5.74, 6) is 0.817. The number of hydrogen-bond acceptors (Lipinski definition) is 2. The number of aryl methyl sites for hydroxylation is 1. The van der Waals surface area contributed by atoms with Gasteiger partial charge in [-0.3, -0.25) is 0 Å². The number of rotatable bonds is 4. The zero-order chi connectivity index (χ0) is 14.9. The highest BCUT2D eigenvalue weighted by Gasteiger charge is 2.28. The third-order valence-corrected chi connectivity index (χ3v) is 4.02. The zero-order valence-electron chi connectivity index (χ0n) is 13.1. The minimum atomic E-state index is -0.108. The monoisotopic (exact) mass is 281 g/mol. The first-order chi connectivity index (χ1) is 10.1. The first-order valence-corrected chi connectivity index (χ1v) is 7.84. The number of aliphatic imine (C=N–C) groups is 1. The van der Waals surface area contributed by atoms with Crippen LogP contribution in [0.15, 0.2) is 41.4 Å². The smallest absolute Gasteiger partial charge is 0.217 e. The average Bonchev–Trinajstić information content (AvgIpc) is 2.84. The highest BCUT2D eigenvalue weighted by molar-refractivity contribution is 6.02. The van der Waals surface area contributed by atoms with Crippen molar-refractivity contribution in [2.45, 2.75) is 45.6 Å². The second-order valence-electron chi connectivity index (χ2n) is 6.43. The van der Waals surface area contributed by atoms with Gasteiger partial charge in [-0.1, -0.05) is 43.7 Å². The average molecular weight is 281 g/mol. The van der Waals surface area contributed by atoms with E-state index in [1.54, 1.807) is 0 Å². The van der Waals surface area contributed by atoms with Gasteiger partial charge < -0.3 is 4.74 Å². The molecular weight excluding hydrogens is 258 g/mol. The van der Waals surface area contributed by atoms with E-state index in [2.05, 4.69) is 57.2 Å². The maximum atomic E-state index is 5.87. The molecule has 0 bridgehead atoms. The van der Waals surface area contributed by atoms with Gasteiger partial charge in [0.2, 0.25) is 5.90 Å². The molecule has 1 aliphatic rings. The second kappa shape index (κ2) is 5.51. The van der Waals surface area contributed by atoms with Crippen molar-refractivity contribution in [2.24, 2.45) is 4.99 Å². The normalized spacial score (nSPS) is 16.8. The molecule has 0 amide bonds. The van der Waals surface area contributed by atoms with Gasteiger partial charge in [0.05, 0.1) is 5.54 Å². The molecule has 1 aliphatic heterocycles. The number of ether oxygens (including phenoxy) is 1. The first kappa shape index (κ1) is 14.1. The van der Waals surface area contributed by atoms with Crippen LogP contribution in [0.2, 0.25) is 0 Å². The van der Waals surface area contributed by atoms with Crippen LogP contribution < -0.4 is 0 Å². The number of benzene rings is 2. The Bertz CT molecular complexity index is 685. The molecule has 0 fully saturated rings. The van der Waals surface area contributed by atoms with E-state index in [4.69, 9.17) is 9.73 Å². The lowest BCUT2D eigenvalue weighted by atomic mass is 9.95. The van der Waals surface area contributed by atoms with Gasteiger partial charge in [0.25, 0.3) is 0 Å². The second-order valence-corrected chi connectivity index (χ2v) is 6.43. The summed E-state index contributed by atoms with van der Waals surface area (Å²) in [4.78, 5) is 4.76. The molecular formula is C19H23NO. The van der Waals surface area contributed by atoms with Crippen molar-refractivity contribution in [1.29, 1.82) is 0 Å². The fourth-order valence-corrected chi connectivity index (χ4v) is 2.88. The van der Waals surface area contributed by atoms with Crippen LogP contribution in [0.3, 0.4) is 0 Å². The molecule has 2 aromatic carbocycles. The van der Waals surface area contributed by atoms with Crippen molar-refractivity contribution in [3.8, 4) is 0 Å². The van der Waals surface area contributed by atoms with Gasteiger partial charge in [-0.05, 0) is 49.1 Å². The number of unbranched alkanes of at least 4 members (excludes halogenated alkanes) is 1. The largest absolute Gasteiger partial charge is 0.475 e. The maximum absolute atomic E-state index is 5.87. The van der Waals surface area contributed by atoms with Crippen LogP contribution in [0.25, 0.3) is 10.8 Å². The fraction of sp³-hybridized carbons (Fsp3) is 0.421. The molecule has 110 valence electrons. The molecule has 1 heterocycles. The molecule has 2 nitrogen and oxygen atoms in total. The molecule has 21 heavy (non-hydrogen) atoms. The van der Waals surface area contributed by atoms with E-state index < -0.39 is 0 Å². The molecule has 3 rings (SSSR count). The number of nitrogens with zero attached hydrogens (tertiary/aromatic N) is 1. The van der Waals surface area contributed by atoms with Crippen LogP contribution in [0.1, 0.15) is 44.7 Å². The van der Waals surface area contributed by atoms with Gasteiger partial charge in [-0.2, -0.15) is 0 Å². The summed E-state index contributed by atoms with van der Waals surface area (Å²) in [6, 6.07) is 13.0. The summed E-state index contributed by atoms with van der Waals surface area (Å²) in [6.07, 6.45) is 3.47. The van der Waals surface area contributed by atoms with Crippen LogP contribution in [0, 0.1) is 0 Å². The zero-order valence-corrected chi connectivity index (χ0v) is 13.1. The summed E-state index contributed by atoms with van der Waals surface area (Å²) in [5.41, 5.74) is 2.45. The minimum absolute atomic E-state index is 0.108. The van der Waals surface area contributed by atoms with Gasteiger partial charge in [-0.15, -0.1) is 0 Å². The van der Waals surface area contributed by atoms with Crippen LogP contribution in [-0.2, 0) is 11.2 Å². The van der Waals surface area contributed by atoms with Crippen molar-refractivity contribution < 1.29 is 4.74 Å². The molecule has 0 radical (unpaired) electrons. The van der Waals surface area contributed by atoms with Gasteiger partial charge in [0.1, 0.15) is 6.61 Å². The third-order valence-electron chi connectivity index (χ3n) is 4.02. The Labute approximate surface area is 126 Å². The van der Waals surface area contributed by atoms with Crippen LogP contribution in [0.4, 0.5) is 0 Å². The molecule has 0 N–H and O–H groups in total. The topological polar surface area (TPSA) is 21.6 Å². The summed E-state index contributed by atoms with van der Waals surface area (Å²) < 4.78 is 5.87. The standard InChI is InChI=1S/C19H23NO/c1-4-5-9-16-15-10-7-6-8-14(15)11-12-17(16)18-20-19(2,3)13-21-18/h6-8,10-12H,4-5,9,13H2,1-3H3. The summed E-state index contributed by atoms with van der Waals surface area (Å²) in [5, 5.41) is 2.63. The van der Waals surface area contributed by atoms with Crippen LogP contribution in [-0.4, -0.2) is 18.0 Å². The van der Waals surface area contributed by atoms with Gasteiger partial charge >= 0.3 is 0 Å². The molecule has 2 aromatic rings. The van der Waals surface area contributed by atoms with Gasteiger partial charge in [0, 0.05) is 5.56 Å². The molecule has 0 saturated carbocycles. The molecule has 0 atom stereocenters. The van der Waals surface area contributed by atoms with Crippen molar-refractivity contribution in [1.82, 2.24) is 0 Å². The highest BCUT2D eigenvalue weighted by atomic mass is 16.5. The van der Waals surface area contributed by atoms with E-state index in [9.17, 15) is 0 Å². The Morgan fingerprint density at radius 2 is 1.95 bits per heavy atom. The summed E-state index contributed by atoms with van der Waals surface area (Å²) in [7, 11) is 0. The van der Waals surface area contributed by atoms with E-state index in [1.807, 2.05) is 0 Å². The Kier molecular flexibility index (Phi) is 3.71. The Hall–Kier alpha value is -1.83. The van der Waals surface area contributed by atoms with E-state index in [0.717, 1.165) is 12.3 Å². The third kappa shape index (κ3) is 2.80. The first-order valence-electron chi connectivity index (χ1n) is 7.84. The lowest BCUT2D eigenvalue weighted by Crippen LogP contribution is -2.17. The van der Waals surface area contributed by atoms with E-state index >= 15 is 0 Å². The SMILES string of the molecule is CCCCc1c(C2=NC(C)(C)CO2)ccc2ccccc12. The maximum Gasteiger partial charge on any atom is 0.217 e. The Morgan fingerprint density at radius 1 is 1.14 bits per heavy atom. The quantitative estimate of drug-likeness (QED) is 0.793. The molecule has 0 saturated heterocycles. The van der Waals surface area contributed by atoms with Gasteiger partial charge in [0.15, 0.2) is 0 Å². The molecule has 0 unspecified atom stereocenters. The summed E-state index contributed by atoms with van der Waals surface area (Å²) in [6.45, 7) is 7.14. The molecule has 0 aliphatic carbocycles. The van der Waals surface area contributed by atoms with Crippen molar-refractivity contribution in [3.05, 3.63) is 47.5 Å². The Balaban J connectivity index is 2.13. The van der Waals surface area contributed by atoms with Crippen LogP contribution in [0.5, 0.6) is 0 Å².